The van der Waals surface area contributed by atoms with Crippen LogP contribution in [0.2, 0.25) is 0 Å². The zero-order chi connectivity index (χ0) is 20.5. The topological polar surface area (TPSA) is 29.5 Å². The minimum atomic E-state index is 0.0850. The van der Waals surface area contributed by atoms with Crippen LogP contribution < -0.4 is 9.64 Å². The Morgan fingerprint density at radius 1 is 1.03 bits per heavy atom. The van der Waals surface area contributed by atoms with Crippen molar-refractivity contribution in [3.63, 3.8) is 0 Å². The number of anilines is 1. The molecule has 0 bridgehead atoms. The predicted octanol–water partition coefficient (Wildman–Crippen LogP) is 6.38. The smallest absolute Gasteiger partial charge is 0.268 e. The first-order valence-electron chi connectivity index (χ1n) is 10.3. The number of thiophene rings is 1. The van der Waals surface area contributed by atoms with Gasteiger partial charge in [-0.2, -0.15) is 0 Å². The lowest BCUT2D eigenvalue weighted by atomic mass is 9.99. The molecular formula is C26H23NO2S. The normalized spacial score (nSPS) is 13.3. The maximum Gasteiger partial charge on any atom is 0.268 e. The minimum Gasteiger partial charge on any atom is -0.489 e. The average molecular weight is 414 g/mol. The first-order valence-corrected chi connectivity index (χ1v) is 11.2. The van der Waals surface area contributed by atoms with Crippen LogP contribution >= 0.6 is 11.3 Å². The largest absolute Gasteiger partial charge is 0.489 e. The Balaban J connectivity index is 1.30. The number of amides is 1. The standard InChI is InChI=1S/C26H23NO2S/c1-18-8-11-24-22(13-18)7-4-12-27(24)26(28)25-14-19(17-30-25)16-29-23-10-9-20-5-2-3-6-21(20)15-23/h2-3,5-6,8-11,13-15,17H,4,7,12,16H2,1H3. The Morgan fingerprint density at radius 2 is 1.90 bits per heavy atom. The summed E-state index contributed by atoms with van der Waals surface area (Å²) < 4.78 is 5.99. The van der Waals surface area contributed by atoms with Crippen LogP contribution in [0, 0.1) is 6.92 Å². The van der Waals surface area contributed by atoms with E-state index in [4.69, 9.17) is 4.74 Å². The van der Waals surface area contributed by atoms with Crippen molar-refractivity contribution in [1.82, 2.24) is 0 Å². The van der Waals surface area contributed by atoms with Crippen LogP contribution in [0.3, 0.4) is 0 Å². The molecule has 0 saturated carbocycles. The van der Waals surface area contributed by atoms with Gasteiger partial charge in [0.2, 0.25) is 0 Å². The summed E-state index contributed by atoms with van der Waals surface area (Å²) in [6.07, 6.45) is 2.04. The number of ether oxygens (including phenoxy) is 1. The van der Waals surface area contributed by atoms with Gasteiger partial charge in [-0.05, 0) is 65.7 Å². The number of carbonyl (C=O) groups is 1. The molecule has 2 heterocycles. The molecule has 4 aromatic rings. The van der Waals surface area contributed by atoms with Crippen molar-refractivity contribution in [2.24, 2.45) is 0 Å². The summed E-state index contributed by atoms with van der Waals surface area (Å²) in [6.45, 7) is 3.33. The summed E-state index contributed by atoms with van der Waals surface area (Å²) in [4.78, 5) is 15.9. The first kappa shape index (κ1) is 18.9. The van der Waals surface area contributed by atoms with Gasteiger partial charge in [0, 0.05) is 17.8 Å². The fourth-order valence-corrected chi connectivity index (χ4v) is 4.90. The van der Waals surface area contributed by atoms with Crippen molar-refractivity contribution in [1.29, 1.82) is 0 Å². The van der Waals surface area contributed by atoms with Gasteiger partial charge in [0.05, 0.1) is 4.88 Å². The summed E-state index contributed by atoms with van der Waals surface area (Å²) in [7, 11) is 0. The third-order valence-corrected chi connectivity index (χ3v) is 6.56. The lowest BCUT2D eigenvalue weighted by molar-refractivity contribution is 0.0989. The molecule has 3 aromatic carbocycles. The Hall–Kier alpha value is -3.11. The fraction of sp³-hybridized carbons (Fsp3) is 0.192. The monoisotopic (exact) mass is 413 g/mol. The van der Waals surface area contributed by atoms with Crippen molar-refractivity contribution in [2.45, 2.75) is 26.4 Å². The van der Waals surface area contributed by atoms with Gasteiger partial charge in [-0.3, -0.25) is 4.79 Å². The summed E-state index contributed by atoms with van der Waals surface area (Å²) in [5.74, 6) is 0.926. The SMILES string of the molecule is Cc1ccc2c(c1)CCCN2C(=O)c1cc(COc2ccc3ccccc3c2)cs1. The number of carbonyl (C=O) groups excluding carboxylic acids is 1. The lowest BCUT2D eigenvalue weighted by Crippen LogP contribution is -2.35. The molecule has 30 heavy (non-hydrogen) atoms. The molecule has 0 fully saturated rings. The van der Waals surface area contributed by atoms with Gasteiger partial charge in [-0.15, -0.1) is 11.3 Å². The number of hydrogen-bond acceptors (Lipinski definition) is 3. The second kappa shape index (κ2) is 7.96. The van der Waals surface area contributed by atoms with E-state index in [1.165, 1.54) is 27.8 Å². The third-order valence-electron chi connectivity index (χ3n) is 5.59. The van der Waals surface area contributed by atoms with Crippen LogP contribution in [0.5, 0.6) is 5.75 Å². The lowest BCUT2D eigenvalue weighted by Gasteiger charge is -2.29. The molecule has 4 heteroatoms. The quantitative estimate of drug-likeness (QED) is 0.388. The summed E-state index contributed by atoms with van der Waals surface area (Å²) >= 11 is 1.50. The van der Waals surface area contributed by atoms with Gasteiger partial charge in [0.25, 0.3) is 5.91 Å². The molecule has 1 aliphatic rings. The van der Waals surface area contributed by atoms with E-state index < -0.39 is 0 Å². The zero-order valence-electron chi connectivity index (χ0n) is 16.9. The second-order valence-corrected chi connectivity index (χ2v) is 8.72. The van der Waals surface area contributed by atoms with Crippen molar-refractivity contribution in [3.8, 4) is 5.75 Å². The molecule has 0 atom stereocenters. The van der Waals surface area contributed by atoms with Gasteiger partial charge in [-0.1, -0.05) is 48.0 Å². The molecule has 0 saturated heterocycles. The summed E-state index contributed by atoms with van der Waals surface area (Å²) in [5, 5.41) is 4.38. The van der Waals surface area contributed by atoms with E-state index in [2.05, 4.69) is 49.4 Å². The van der Waals surface area contributed by atoms with Crippen LogP contribution in [0.25, 0.3) is 10.8 Å². The van der Waals surface area contributed by atoms with E-state index in [-0.39, 0.29) is 5.91 Å². The maximum atomic E-state index is 13.2. The van der Waals surface area contributed by atoms with Crippen LogP contribution in [0.1, 0.15) is 32.8 Å². The highest BCUT2D eigenvalue weighted by Crippen LogP contribution is 2.30. The van der Waals surface area contributed by atoms with Crippen LogP contribution in [0.4, 0.5) is 5.69 Å². The second-order valence-electron chi connectivity index (χ2n) is 7.81. The highest BCUT2D eigenvalue weighted by atomic mass is 32.1. The van der Waals surface area contributed by atoms with Crippen LogP contribution in [0.15, 0.2) is 72.1 Å². The molecule has 0 unspecified atom stereocenters. The number of benzene rings is 3. The Kier molecular flexibility index (Phi) is 5.01. The molecule has 5 rings (SSSR count). The third kappa shape index (κ3) is 3.71. The van der Waals surface area contributed by atoms with E-state index in [0.29, 0.717) is 6.61 Å². The van der Waals surface area contributed by atoms with Gasteiger partial charge in [0.15, 0.2) is 0 Å². The molecule has 150 valence electrons. The summed E-state index contributed by atoms with van der Waals surface area (Å²) in [6, 6.07) is 22.7. The van der Waals surface area contributed by atoms with Crippen LogP contribution in [-0.4, -0.2) is 12.5 Å². The van der Waals surface area contributed by atoms with E-state index in [1.807, 2.05) is 34.5 Å². The van der Waals surface area contributed by atoms with E-state index in [9.17, 15) is 4.79 Å². The Bertz CT molecular complexity index is 1230. The average Bonchev–Trinajstić information content (AvgIpc) is 3.25. The van der Waals surface area contributed by atoms with Gasteiger partial charge in [-0.25, -0.2) is 0 Å². The number of rotatable bonds is 4. The van der Waals surface area contributed by atoms with Crippen molar-refractivity contribution in [2.75, 3.05) is 11.4 Å². The molecule has 1 aromatic heterocycles. The molecule has 0 radical (unpaired) electrons. The molecule has 0 aliphatic carbocycles. The molecule has 0 spiro atoms. The molecule has 1 aliphatic heterocycles. The predicted molar refractivity (Wildman–Crippen MR) is 124 cm³/mol. The number of nitrogens with zero attached hydrogens (tertiary/aromatic N) is 1. The van der Waals surface area contributed by atoms with Crippen LogP contribution in [-0.2, 0) is 13.0 Å². The highest BCUT2D eigenvalue weighted by molar-refractivity contribution is 7.12. The fourth-order valence-electron chi connectivity index (χ4n) is 4.06. The molecule has 3 nitrogen and oxygen atoms in total. The summed E-state index contributed by atoms with van der Waals surface area (Å²) in [5.41, 5.74) is 4.59. The van der Waals surface area contributed by atoms with Crippen molar-refractivity contribution >= 4 is 33.7 Å². The molecule has 0 N–H and O–H groups in total. The zero-order valence-corrected chi connectivity index (χ0v) is 17.7. The first-order chi connectivity index (χ1) is 14.7. The van der Waals surface area contributed by atoms with E-state index >= 15 is 0 Å². The van der Waals surface area contributed by atoms with Crippen molar-refractivity contribution < 1.29 is 9.53 Å². The number of hydrogen-bond donors (Lipinski definition) is 0. The number of fused-ring (bicyclic) bond motifs is 2. The maximum absolute atomic E-state index is 13.2. The van der Waals surface area contributed by atoms with E-state index in [1.54, 1.807) is 0 Å². The van der Waals surface area contributed by atoms with Gasteiger partial charge < -0.3 is 9.64 Å². The van der Waals surface area contributed by atoms with Crippen molar-refractivity contribution in [3.05, 3.63) is 93.7 Å². The highest BCUT2D eigenvalue weighted by Gasteiger charge is 2.24. The molecule has 1 amide bonds. The Labute approximate surface area is 180 Å². The van der Waals surface area contributed by atoms with Gasteiger partial charge >= 0.3 is 0 Å². The van der Waals surface area contributed by atoms with E-state index in [0.717, 1.165) is 46.7 Å². The minimum absolute atomic E-state index is 0.0850. The number of aryl methyl sites for hydroxylation is 2. The Morgan fingerprint density at radius 3 is 2.80 bits per heavy atom. The molecular weight excluding hydrogens is 390 g/mol. The van der Waals surface area contributed by atoms with Gasteiger partial charge in [0.1, 0.15) is 12.4 Å².